The van der Waals surface area contributed by atoms with Gasteiger partial charge in [0.05, 0.1) is 11.7 Å². The van der Waals surface area contributed by atoms with Crippen molar-refractivity contribution in [2.75, 3.05) is 19.6 Å². The summed E-state index contributed by atoms with van der Waals surface area (Å²) in [6, 6.07) is 0.433. The van der Waals surface area contributed by atoms with E-state index in [1.165, 1.54) is 0 Å². The van der Waals surface area contributed by atoms with Gasteiger partial charge in [0.25, 0.3) is 0 Å². The maximum atomic E-state index is 12.2. The summed E-state index contributed by atoms with van der Waals surface area (Å²) in [4.78, 5) is 24.8. The van der Waals surface area contributed by atoms with E-state index in [9.17, 15) is 4.79 Å². The highest BCUT2D eigenvalue weighted by molar-refractivity contribution is 5.68. The van der Waals surface area contributed by atoms with Gasteiger partial charge >= 0.3 is 6.09 Å². The van der Waals surface area contributed by atoms with Gasteiger partial charge in [-0.15, -0.1) is 0 Å². The summed E-state index contributed by atoms with van der Waals surface area (Å²) in [5, 5.41) is 0. The fourth-order valence-electron chi connectivity index (χ4n) is 2.74. The molecule has 0 aromatic carbocycles. The Balaban J connectivity index is 1.97. The van der Waals surface area contributed by atoms with Crippen molar-refractivity contribution in [3.8, 4) is 0 Å². The highest BCUT2D eigenvalue weighted by atomic mass is 16.6. The topological polar surface area (TPSA) is 58.6 Å². The van der Waals surface area contributed by atoms with Gasteiger partial charge in [0.2, 0.25) is 0 Å². The predicted octanol–water partition coefficient (Wildman–Crippen LogP) is 2.48. The molecule has 1 aromatic heterocycles. The minimum atomic E-state index is -0.454. The normalized spacial score (nSPS) is 21.5. The molecule has 0 saturated carbocycles. The Morgan fingerprint density at radius 3 is 2.64 bits per heavy atom. The Kier molecular flexibility index (Phi) is 5.01. The molecule has 0 unspecified atom stereocenters. The maximum absolute atomic E-state index is 12.2. The second-order valence-electron chi connectivity index (χ2n) is 6.82. The highest BCUT2D eigenvalue weighted by Gasteiger charge is 2.32. The van der Waals surface area contributed by atoms with Crippen LogP contribution >= 0.6 is 0 Å². The molecule has 6 nitrogen and oxygen atoms in total. The van der Waals surface area contributed by atoms with Crippen LogP contribution in [0.1, 0.15) is 46.4 Å². The Hall–Kier alpha value is -1.69. The minimum absolute atomic E-state index is 0.185. The van der Waals surface area contributed by atoms with Crippen LogP contribution in [-0.4, -0.2) is 57.1 Å². The lowest BCUT2D eigenvalue weighted by molar-refractivity contribution is -0.00106. The molecule has 1 fully saturated rings. The summed E-state index contributed by atoms with van der Waals surface area (Å²) in [6.45, 7) is 12.1. The molecule has 1 aliphatic rings. The molecule has 1 saturated heterocycles. The second-order valence-corrected chi connectivity index (χ2v) is 6.82. The molecule has 1 aromatic rings. The maximum Gasteiger partial charge on any atom is 0.410 e. The predicted molar refractivity (Wildman–Crippen MR) is 84.4 cm³/mol. The molecule has 0 N–H and O–H groups in total. The van der Waals surface area contributed by atoms with E-state index in [0.717, 1.165) is 12.2 Å². The van der Waals surface area contributed by atoms with Crippen LogP contribution in [-0.2, 0) is 4.74 Å². The lowest BCUT2D eigenvalue weighted by Crippen LogP contribution is -2.55. The van der Waals surface area contributed by atoms with Gasteiger partial charge < -0.3 is 9.64 Å². The van der Waals surface area contributed by atoms with Crippen molar-refractivity contribution in [2.24, 2.45) is 0 Å². The lowest BCUT2D eigenvalue weighted by atomic mass is 10.1. The van der Waals surface area contributed by atoms with Crippen LogP contribution in [0.2, 0.25) is 0 Å². The Morgan fingerprint density at radius 1 is 1.36 bits per heavy atom. The van der Waals surface area contributed by atoms with Gasteiger partial charge in [0, 0.05) is 44.3 Å². The molecule has 2 atom stereocenters. The van der Waals surface area contributed by atoms with Gasteiger partial charge in [-0.05, 0) is 34.6 Å². The third-order valence-corrected chi connectivity index (χ3v) is 3.84. The van der Waals surface area contributed by atoms with Crippen molar-refractivity contribution in [1.29, 1.82) is 0 Å². The Labute approximate surface area is 132 Å². The molecule has 0 bridgehead atoms. The van der Waals surface area contributed by atoms with Crippen LogP contribution in [0.5, 0.6) is 0 Å². The summed E-state index contributed by atoms with van der Waals surface area (Å²) in [7, 11) is 0. The molecular formula is C16H26N4O2. The number of amides is 1. The fourth-order valence-corrected chi connectivity index (χ4v) is 2.74. The summed E-state index contributed by atoms with van der Waals surface area (Å²) in [5.74, 6) is 0. The highest BCUT2D eigenvalue weighted by Crippen LogP contribution is 2.23. The van der Waals surface area contributed by atoms with Gasteiger partial charge in [-0.1, -0.05) is 0 Å². The number of rotatable bonds is 2. The number of aromatic nitrogens is 2. The first-order chi connectivity index (χ1) is 10.3. The van der Waals surface area contributed by atoms with Crippen molar-refractivity contribution in [1.82, 2.24) is 19.8 Å². The summed E-state index contributed by atoms with van der Waals surface area (Å²) >= 11 is 0. The number of carbonyl (C=O) groups excluding carboxylic acids is 1. The van der Waals surface area contributed by atoms with Crippen LogP contribution in [0.25, 0.3) is 0 Å². The molecule has 0 aliphatic carbocycles. The largest absolute Gasteiger partial charge is 0.444 e. The zero-order valence-corrected chi connectivity index (χ0v) is 14.1. The summed E-state index contributed by atoms with van der Waals surface area (Å²) in [6.07, 6.45) is 4.97. The first kappa shape index (κ1) is 16.7. The number of piperazine rings is 1. The molecule has 0 radical (unpaired) electrons. The lowest BCUT2D eigenvalue weighted by Gasteiger charge is -2.42. The molecular weight excluding hydrogens is 280 g/mol. The van der Waals surface area contributed by atoms with Crippen molar-refractivity contribution in [3.63, 3.8) is 0 Å². The molecule has 2 heterocycles. The van der Waals surface area contributed by atoms with E-state index in [1.807, 2.05) is 20.8 Å². The van der Waals surface area contributed by atoms with E-state index >= 15 is 0 Å². The van der Waals surface area contributed by atoms with Crippen LogP contribution < -0.4 is 0 Å². The van der Waals surface area contributed by atoms with Crippen molar-refractivity contribution >= 4 is 6.09 Å². The van der Waals surface area contributed by atoms with Crippen molar-refractivity contribution in [2.45, 2.75) is 52.3 Å². The number of carbonyl (C=O) groups is 1. The van der Waals surface area contributed by atoms with E-state index in [-0.39, 0.29) is 18.2 Å². The third-order valence-electron chi connectivity index (χ3n) is 3.84. The van der Waals surface area contributed by atoms with Crippen molar-refractivity contribution in [3.05, 3.63) is 24.3 Å². The Morgan fingerprint density at radius 2 is 2.09 bits per heavy atom. The zero-order valence-electron chi connectivity index (χ0n) is 14.1. The smallest absolute Gasteiger partial charge is 0.410 e. The third kappa shape index (κ3) is 4.16. The zero-order chi connectivity index (χ0) is 16.3. The van der Waals surface area contributed by atoms with E-state index in [1.54, 1.807) is 23.5 Å². The van der Waals surface area contributed by atoms with Gasteiger partial charge in [0.1, 0.15) is 5.60 Å². The van der Waals surface area contributed by atoms with Crippen LogP contribution in [0.3, 0.4) is 0 Å². The summed E-state index contributed by atoms with van der Waals surface area (Å²) < 4.78 is 5.45. The molecule has 6 heteroatoms. The van der Waals surface area contributed by atoms with E-state index in [0.29, 0.717) is 13.1 Å². The van der Waals surface area contributed by atoms with E-state index < -0.39 is 5.60 Å². The van der Waals surface area contributed by atoms with Gasteiger partial charge in [-0.3, -0.25) is 14.9 Å². The fraction of sp³-hybridized carbons (Fsp3) is 0.688. The van der Waals surface area contributed by atoms with E-state index in [2.05, 4.69) is 28.7 Å². The minimum Gasteiger partial charge on any atom is -0.444 e. The first-order valence-corrected chi connectivity index (χ1v) is 7.77. The van der Waals surface area contributed by atoms with E-state index in [4.69, 9.17) is 4.74 Å². The average Bonchev–Trinajstić information content (AvgIpc) is 2.45. The van der Waals surface area contributed by atoms with Crippen LogP contribution in [0.4, 0.5) is 4.79 Å². The Bertz CT molecular complexity index is 501. The SMILES string of the molecule is C[C@@H]1CN(C(=O)OC(C)(C)C)CCN1[C@@H](C)c1cnccn1. The van der Waals surface area contributed by atoms with Crippen LogP contribution in [0.15, 0.2) is 18.6 Å². The first-order valence-electron chi connectivity index (χ1n) is 7.77. The molecule has 2 rings (SSSR count). The second kappa shape index (κ2) is 6.60. The number of nitrogens with zero attached hydrogens (tertiary/aromatic N) is 4. The molecule has 22 heavy (non-hydrogen) atoms. The average molecular weight is 306 g/mol. The molecule has 0 spiro atoms. The summed E-state index contributed by atoms with van der Waals surface area (Å²) in [5.41, 5.74) is 0.504. The molecule has 1 aliphatic heterocycles. The van der Waals surface area contributed by atoms with Crippen LogP contribution in [0, 0.1) is 0 Å². The number of hydrogen-bond acceptors (Lipinski definition) is 5. The van der Waals surface area contributed by atoms with Crippen molar-refractivity contribution < 1.29 is 9.53 Å². The standard InChI is InChI=1S/C16H26N4O2/c1-12-11-19(15(21)22-16(3,4)5)8-9-20(12)13(2)14-10-17-6-7-18-14/h6-7,10,12-13H,8-9,11H2,1-5H3/t12-,13+/m1/s1. The molecule has 122 valence electrons. The number of hydrogen-bond donors (Lipinski definition) is 0. The monoisotopic (exact) mass is 306 g/mol. The number of ether oxygens (including phenoxy) is 1. The molecule has 1 amide bonds. The van der Waals surface area contributed by atoms with Gasteiger partial charge in [-0.2, -0.15) is 0 Å². The van der Waals surface area contributed by atoms with Gasteiger partial charge in [-0.25, -0.2) is 4.79 Å². The van der Waals surface area contributed by atoms with Gasteiger partial charge in [0.15, 0.2) is 0 Å². The quantitative estimate of drug-likeness (QED) is 0.840.